The van der Waals surface area contributed by atoms with Crippen molar-refractivity contribution in [1.82, 2.24) is 10.6 Å². The van der Waals surface area contributed by atoms with Gasteiger partial charge in [-0.3, -0.25) is 4.99 Å². The summed E-state index contributed by atoms with van der Waals surface area (Å²) >= 11 is 0. The van der Waals surface area contributed by atoms with Crippen LogP contribution in [-0.4, -0.2) is 53.6 Å². The van der Waals surface area contributed by atoms with E-state index in [1.807, 2.05) is 12.1 Å². The molecule has 27 heavy (non-hydrogen) atoms. The van der Waals surface area contributed by atoms with Crippen LogP contribution in [0.1, 0.15) is 37.7 Å². The molecular weight excluding hydrogens is 346 g/mol. The largest absolute Gasteiger partial charge is 0.493 e. The summed E-state index contributed by atoms with van der Waals surface area (Å²) in [6.45, 7) is 2.21. The standard InChI is InChI=1S/C20H33N3O4/c1-21-20(22-10-7-11-27-16-8-5-6-9-16)23-14-15-12-17(24-2)19(26-4)18(13-15)25-3/h12-13,16H,5-11,14H2,1-4H3,(H2,21,22,23). The van der Waals surface area contributed by atoms with Crippen LogP contribution >= 0.6 is 0 Å². The lowest BCUT2D eigenvalue weighted by molar-refractivity contribution is 0.0574. The van der Waals surface area contributed by atoms with E-state index in [1.54, 1.807) is 28.4 Å². The van der Waals surface area contributed by atoms with E-state index >= 15 is 0 Å². The van der Waals surface area contributed by atoms with Gasteiger partial charge in [0, 0.05) is 26.7 Å². The molecule has 2 N–H and O–H groups in total. The van der Waals surface area contributed by atoms with E-state index in [4.69, 9.17) is 18.9 Å². The molecule has 0 saturated heterocycles. The van der Waals surface area contributed by atoms with E-state index in [0.29, 0.717) is 29.9 Å². The first-order valence-corrected chi connectivity index (χ1v) is 9.56. The summed E-state index contributed by atoms with van der Waals surface area (Å²) in [6, 6.07) is 3.86. The molecule has 1 aliphatic rings. The quantitative estimate of drug-likeness (QED) is 0.370. The highest BCUT2D eigenvalue weighted by atomic mass is 16.5. The number of hydrogen-bond acceptors (Lipinski definition) is 5. The molecule has 0 amide bonds. The maximum atomic E-state index is 5.88. The van der Waals surface area contributed by atoms with Gasteiger partial charge in [-0.15, -0.1) is 0 Å². The molecule has 1 aromatic rings. The summed E-state index contributed by atoms with van der Waals surface area (Å²) in [5, 5.41) is 6.62. The van der Waals surface area contributed by atoms with E-state index in [2.05, 4.69) is 15.6 Å². The first kappa shape index (κ1) is 21.2. The van der Waals surface area contributed by atoms with Gasteiger partial charge in [0.15, 0.2) is 17.5 Å². The van der Waals surface area contributed by atoms with Crippen molar-refractivity contribution in [2.45, 2.75) is 44.8 Å². The number of aliphatic imine (C=N–C) groups is 1. The van der Waals surface area contributed by atoms with Gasteiger partial charge in [-0.05, 0) is 37.0 Å². The first-order chi connectivity index (χ1) is 13.2. The van der Waals surface area contributed by atoms with Gasteiger partial charge in [0.1, 0.15) is 0 Å². The summed E-state index contributed by atoms with van der Waals surface area (Å²) in [4.78, 5) is 4.26. The van der Waals surface area contributed by atoms with Crippen LogP contribution in [0, 0.1) is 0 Å². The molecule has 1 saturated carbocycles. The van der Waals surface area contributed by atoms with E-state index in [9.17, 15) is 0 Å². The number of guanidine groups is 1. The third-order valence-electron chi connectivity index (χ3n) is 4.68. The minimum atomic E-state index is 0.475. The van der Waals surface area contributed by atoms with Gasteiger partial charge in [0.2, 0.25) is 5.75 Å². The van der Waals surface area contributed by atoms with Gasteiger partial charge in [-0.1, -0.05) is 12.8 Å². The average molecular weight is 380 g/mol. The predicted octanol–water partition coefficient (Wildman–Crippen LogP) is 2.73. The zero-order chi connectivity index (χ0) is 19.5. The van der Waals surface area contributed by atoms with E-state index in [1.165, 1.54) is 25.7 Å². The molecule has 0 radical (unpaired) electrons. The fourth-order valence-corrected chi connectivity index (χ4v) is 3.23. The fourth-order valence-electron chi connectivity index (χ4n) is 3.23. The fraction of sp³-hybridized carbons (Fsp3) is 0.650. The van der Waals surface area contributed by atoms with Gasteiger partial charge in [0.05, 0.1) is 27.4 Å². The Morgan fingerprint density at radius 2 is 1.70 bits per heavy atom. The van der Waals surface area contributed by atoms with Crippen LogP contribution in [0.3, 0.4) is 0 Å². The second-order valence-electron chi connectivity index (χ2n) is 6.52. The third-order valence-corrected chi connectivity index (χ3v) is 4.68. The normalized spacial score (nSPS) is 14.9. The van der Waals surface area contributed by atoms with Crippen LogP contribution in [0.2, 0.25) is 0 Å². The Bertz CT molecular complexity index is 576. The third kappa shape index (κ3) is 6.50. The SMILES string of the molecule is CN=C(NCCCOC1CCCC1)NCc1cc(OC)c(OC)c(OC)c1. The van der Waals surface area contributed by atoms with E-state index in [-0.39, 0.29) is 0 Å². The molecule has 152 valence electrons. The zero-order valence-corrected chi connectivity index (χ0v) is 17.0. The molecule has 0 bridgehead atoms. The summed E-state index contributed by atoms with van der Waals surface area (Å²) < 4.78 is 22.0. The predicted molar refractivity (Wildman–Crippen MR) is 107 cm³/mol. The molecule has 0 aromatic heterocycles. The number of methoxy groups -OCH3 is 3. The highest BCUT2D eigenvalue weighted by Gasteiger charge is 2.15. The van der Waals surface area contributed by atoms with Crippen LogP contribution in [0.5, 0.6) is 17.2 Å². The van der Waals surface area contributed by atoms with Crippen LogP contribution < -0.4 is 24.8 Å². The van der Waals surface area contributed by atoms with Crippen molar-refractivity contribution >= 4 is 5.96 Å². The Labute approximate surface area is 162 Å². The summed E-state index contributed by atoms with van der Waals surface area (Å²) in [5.74, 6) is 2.62. The van der Waals surface area contributed by atoms with Crippen LogP contribution in [0.4, 0.5) is 0 Å². The second-order valence-corrected chi connectivity index (χ2v) is 6.52. The zero-order valence-electron chi connectivity index (χ0n) is 17.0. The van der Waals surface area contributed by atoms with Gasteiger partial charge >= 0.3 is 0 Å². The van der Waals surface area contributed by atoms with Gasteiger partial charge in [-0.25, -0.2) is 0 Å². The van der Waals surface area contributed by atoms with Crippen LogP contribution in [-0.2, 0) is 11.3 Å². The lowest BCUT2D eigenvalue weighted by atomic mass is 10.2. The number of nitrogens with zero attached hydrogens (tertiary/aromatic N) is 1. The van der Waals surface area contributed by atoms with Crippen molar-refractivity contribution in [3.05, 3.63) is 17.7 Å². The maximum Gasteiger partial charge on any atom is 0.203 e. The molecular formula is C20H33N3O4. The smallest absolute Gasteiger partial charge is 0.203 e. The van der Waals surface area contributed by atoms with Crippen molar-refractivity contribution in [2.75, 3.05) is 41.5 Å². The maximum absolute atomic E-state index is 5.88. The van der Waals surface area contributed by atoms with E-state index < -0.39 is 0 Å². The Balaban J connectivity index is 1.77. The number of ether oxygens (including phenoxy) is 4. The van der Waals surface area contributed by atoms with Gasteiger partial charge < -0.3 is 29.6 Å². The minimum Gasteiger partial charge on any atom is -0.493 e. The molecule has 0 aliphatic heterocycles. The topological polar surface area (TPSA) is 73.3 Å². The average Bonchev–Trinajstić information content (AvgIpc) is 3.22. The number of nitrogens with one attached hydrogen (secondary N) is 2. The Morgan fingerprint density at radius 1 is 1.04 bits per heavy atom. The minimum absolute atomic E-state index is 0.475. The van der Waals surface area contributed by atoms with Crippen LogP contribution in [0.25, 0.3) is 0 Å². The Kier molecular flexibility index (Phi) is 9.04. The molecule has 7 nitrogen and oxygen atoms in total. The monoisotopic (exact) mass is 379 g/mol. The molecule has 0 atom stereocenters. The molecule has 1 aromatic carbocycles. The van der Waals surface area contributed by atoms with Crippen molar-refractivity contribution in [1.29, 1.82) is 0 Å². The first-order valence-electron chi connectivity index (χ1n) is 9.56. The van der Waals surface area contributed by atoms with Gasteiger partial charge in [0.25, 0.3) is 0 Å². The molecule has 2 rings (SSSR count). The lowest BCUT2D eigenvalue weighted by Gasteiger charge is -2.16. The van der Waals surface area contributed by atoms with Crippen molar-refractivity contribution in [3.8, 4) is 17.2 Å². The molecule has 1 fully saturated rings. The van der Waals surface area contributed by atoms with Crippen molar-refractivity contribution < 1.29 is 18.9 Å². The summed E-state index contributed by atoms with van der Waals surface area (Å²) in [7, 11) is 6.59. The van der Waals surface area contributed by atoms with Gasteiger partial charge in [-0.2, -0.15) is 0 Å². The van der Waals surface area contributed by atoms with Crippen molar-refractivity contribution in [2.24, 2.45) is 4.99 Å². The van der Waals surface area contributed by atoms with Crippen molar-refractivity contribution in [3.63, 3.8) is 0 Å². The Hall–Kier alpha value is -2.15. The summed E-state index contributed by atoms with van der Waals surface area (Å²) in [6.07, 6.45) is 6.47. The molecule has 1 aliphatic carbocycles. The molecule has 0 unspecified atom stereocenters. The number of benzene rings is 1. The molecule has 7 heteroatoms. The number of hydrogen-bond donors (Lipinski definition) is 2. The highest BCUT2D eigenvalue weighted by Crippen LogP contribution is 2.38. The molecule has 0 heterocycles. The second kappa shape index (κ2) is 11.5. The van der Waals surface area contributed by atoms with Crippen LogP contribution in [0.15, 0.2) is 17.1 Å². The summed E-state index contributed by atoms with van der Waals surface area (Å²) in [5.41, 5.74) is 1.01. The number of rotatable bonds is 10. The molecule has 0 spiro atoms. The van der Waals surface area contributed by atoms with E-state index in [0.717, 1.165) is 31.1 Å². The highest BCUT2D eigenvalue weighted by molar-refractivity contribution is 5.79. The lowest BCUT2D eigenvalue weighted by Crippen LogP contribution is -2.37. The Morgan fingerprint density at radius 3 is 2.26 bits per heavy atom.